The number of rotatable bonds is 3. The molecule has 4 nitrogen and oxygen atoms in total. The quantitative estimate of drug-likeness (QED) is 0.690. The maximum Gasteiger partial charge on any atom is 0.358 e. The van der Waals surface area contributed by atoms with E-state index in [2.05, 4.69) is 9.97 Å². The number of hydrogen-bond acceptors (Lipinski definition) is 4. The summed E-state index contributed by atoms with van der Waals surface area (Å²) in [5.41, 5.74) is 1.96. The molecule has 0 fully saturated rings. The Morgan fingerprint density at radius 1 is 1.05 bits per heavy atom. The highest BCUT2D eigenvalue weighted by atomic mass is 16.5. The second kappa shape index (κ2) is 5.71. The van der Waals surface area contributed by atoms with Gasteiger partial charge in [-0.1, -0.05) is 42.5 Å². The van der Waals surface area contributed by atoms with E-state index < -0.39 is 5.97 Å². The van der Waals surface area contributed by atoms with Gasteiger partial charge in [0, 0.05) is 6.20 Å². The second-order valence-electron chi connectivity index (χ2n) is 4.76. The molecule has 21 heavy (non-hydrogen) atoms. The van der Waals surface area contributed by atoms with Crippen molar-refractivity contribution in [1.82, 2.24) is 9.97 Å². The summed E-state index contributed by atoms with van der Waals surface area (Å²) in [5.74, 6) is -0.463. The van der Waals surface area contributed by atoms with Gasteiger partial charge in [0.2, 0.25) is 0 Å². The molecular formula is C17H14N2O2. The molecule has 104 valence electrons. The van der Waals surface area contributed by atoms with E-state index >= 15 is 0 Å². The van der Waals surface area contributed by atoms with Crippen LogP contribution >= 0.6 is 0 Å². The van der Waals surface area contributed by atoms with Crippen molar-refractivity contribution in [3.05, 3.63) is 71.8 Å². The van der Waals surface area contributed by atoms with Gasteiger partial charge in [-0.2, -0.15) is 0 Å². The Bertz CT molecular complexity index is 777. The average molecular weight is 278 g/mol. The van der Waals surface area contributed by atoms with E-state index in [9.17, 15) is 4.79 Å². The summed E-state index contributed by atoms with van der Waals surface area (Å²) in [5, 5.41) is 2.21. The third kappa shape index (κ3) is 2.89. The lowest BCUT2D eigenvalue weighted by Crippen LogP contribution is -2.08. The summed E-state index contributed by atoms with van der Waals surface area (Å²) in [6.07, 6.45) is 2.98. The molecule has 3 aromatic rings. The minimum Gasteiger partial charge on any atom is -0.456 e. The molecule has 0 saturated carbocycles. The molecule has 3 rings (SSSR count). The third-order valence-electron chi connectivity index (χ3n) is 3.23. The zero-order valence-corrected chi connectivity index (χ0v) is 11.6. The molecule has 0 saturated heterocycles. The average Bonchev–Trinajstić information content (AvgIpc) is 2.53. The van der Waals surface area contributed by atoms with Gasteiger partial charge < -0.3 is 4.74 Å². The number of carbonyl (C=O) groups excluding carboxylic acids is 1. The van der Waals surface area contributed by atoms with Crippen LogP contribution in [0.25, 0.3) is 10.8 Å². The first kappa shape index (κ1) is 13.2. The summed E-state index contributed by atoms with van der Waals surface area (Å²) in [6, 6.07) is 14.0. The van der Waals surface area contributed by atoms with Gasteiger partial charge in [0.15, 0.2) is 5.69 Å². The van der Waals surface area contributed by atoms with Crippen molar-refractivity contribution in [2.45, 2.75) is 13.5 Å². The Kier molecular flexibility index (Phi) is 3.60. The molecule has 0 atom stereocenters. The highest BCUT2D eigenvalue weighted by molar-refractivity contribution is 5.88. The number of aryl methyl sites for hydroxylation is 1. The van der Waals surface area contributed by atoms with E-state index in [0.29, 0.717) is 0 Å². The first-order valence-electron chi connectivity index (χ1n) is 6.66. The molecule has 0 amide bonds. The Morgan fingerprint density at radius 2 is 1.86 bits per heavy atom. The minimum absolute atomic E-state index is 0.218. The predicted octanol–water partition coefficient (Wildman–Crippen LogP) is 3.30. The number of carbonyl (C=O) groups is 1. The standard InChI is InChI=1S/C17H14N2O2/c1-12-9-19-16(10-18-12)17(20)21-11-14-7-4-6-13-5-2-3-8-15(13)14/h2-10H,11H2,1H3. The molecule has 0 aliphatic heterocycles. The number of hydrogen-bond donors (Lipinski definition) is 0. The lowest BCUT2D eigenvalue weighted by atomic mass is 10.1. The first-order valence-corrected chi connectivity index (χ1v) is 6.66. The van der Waals surface area contributed by atoms with Gasteiger partial charge in [0.1, 0.15) is 6.61 Å². The highest BCUT2D eigenvalue weighted by Crippen LogP contribution is 2.19. The summed E-state index contributed by atoms with van der Waals surface area (Å²) in [7, 11) is 0. The number of esters is 1. The lowest BCUT2D eigenvalue weighted by molar-refractivity contribution is 0.0467. The van der Waals surface area contributed by atoms with Crippen LogP contribution in [0, 0.1) is 6.92 Å². The maximum absolute atomic E-state index is 11.9. The van der Waals surface area contributed by atoms with Gasteiger partial charge in [0.25, 0.3) is 0 Å². The summed E-state index contributed by atoms with van der Waals surface area (Å²) < 4.78 is 5.32. The van der Waals surface area contributed by atoms with Crippen molar-refractivity contribution in [2.75, 3.05) is 0 Å². The minimum atomic E-state index is -0.463. The molecule has 0 bridgehead atoms. The van der Waals surface area contributed by atoms with Crippen LogP contribution in [0.5, 0.6) is 0 Å². The summed E-state index contributed by atoms with van der Waals surface area (Å²) >= 11 is 0. The molecular weight excluding hydrogens is 264 g/mol. The number of aromatic nitrogens is 2. The van der Waals surface area contributed by atoms with Gasteiger partial charge in [-0.25, -0.2) is 9.78 Å². The topological polar surface area (TPSA) is 52.1 Å². The third-order valence-corrected chi connectivity index (χ3v) is 3.23. The van der Waals surface area contributed by atoms with Crippen LogP contribution in [0.3, 0.4) is 0 Å². The zero-order chi connectivity index (χ0) is 14.7. The molecule has 0 N–H and O–H groups in total. The fraction of sp³-hybridized carbons (Fsp3) is 0.118. The SMILES string of the molecule is Cc1cnc(C(=O)OCc2cccc3ccccc23)cn1. The van der Waals surface area contributed by atoms with Crippen molar-refractivity contribution < 1.29 is 9.53 Å². The Balaban J connectivity index is 1.77. The molecule has 0 aliphatic rings. The van der Waals surface area contributed by atoms with Crippen LogP contribution in [0.15, 0.2) is 54.9 Å². The molecule has 0 spiro atoms. The maximum atomic E-state index is 11.9. The number of nitrogens with zero attached hydrogens (tertiary/aromatic N) is 2. The van der Waals surface area contributed by atoms with Crippen molar-refractivity contribution in [2.24, 2.45) is 0 Å². The van der Waals surface area contributed by atoms with Gasteiger partial charge in [0.05, 0.1) is 11.9 Å². The van der Waals surface area contributed by atoms with Crippen molar-refractivity contribution in [3.8, 4) is 0 Å². The lowest BCUT2D eigenvalue weighted by Gasteiger charge is -2.07. The molecule has 0 radical (unpaired) electrons. The van der Waals surface area contributed by atoms with Crippen molar-refractivity contribution in [1.29, 1.82) is 0 Å². The molecule has 1 heterocycles. The fourth-order valence-electron chi connectivity index (χ4n) is 2.13. The van der Waals surface area contributed by atoms with E-state index in [4.69, 9.17) is 4.74 Å². The number of benzene rings is 2. The Labute approximate surface area is 122 Å². The van der Waals surface area contributed by atoms with Crippen LogP contribution < -0.4 is 0 Å². The van der Waals surface area contributed by atoms with Crippen molar-refractivity contribution >= 4 is 16.7 Å². The predicted molar refractivity (Wildman–Crippen MR) is 79.8 cm³/mol. The molecule has 0 unspecified atom stereocenters. The second-order valence-corrected chi connectivity index (χ2v) is 4.76. The monoisotopic (exact) mass is 278 g/mol. The van der Waals surface area contributed by atoms with Crippen LogP contribution in [0.4, 0.5) is 0 Å². The first-order chi connectivity index (χ1) is 10.2. The van der Waals surface area contributed by atoms with Gasteiger partial charge >= 0.3 is 5.97 Å². The van der Waals surface area contributed by atoms with E-state index in [0.717, 1.165) is 22.0 Å². The zero-order valence-electron chi connectivity index (χ0n) is 11.6. The highest BCUT2D eigenvalue weighted by Gasteiger charge is 2.10. The van der Waals surface area contributed by atoms with Gasteiger partial charge in [-0.05, 0) is 23.3 Å². The summed E-state index contributed by atoms with van der Waals surface area (Å²) in [4.78, 5) is 20.0. The van der Waals surface area contributed by atoms with Crippen LogP contribution in [-0.2, 0) is 11.3 Å². The molecule has 1 aromatic heterocycles. The van der Waals surface area contributed by atoms with Crippen LogP contribution in [0.1, 0.15) is 21.7 Å². The van der Waals surface area contributed by atoms with E-state index in [1.165, 1.54) is 6.20 Å². The normalized spacial score (nSPS) is 10.5. The van der Waals surface area contributed by atoms with E-state index in [1.807, 2.05) is 49.4 Å². The number of ether oxygens (including phenoxy) is 1. The van der Waals surface area contributed by atoms with E-state index in [-0.39, 0.29) is 12.3 Å². The fourth-order valence-corrected chi connectivity index (χ4v) is 2.13. The Hall–Kier alpha value is -2.75. The van der Waals surface area contributed by atoms with Crippen molar-refractivity contribution in [3.63, 3.8) is 0 Å². The largest absolute Gasteiger partial charge is 0.456 e. The molecule has 4 heteroatoms. The summed E-state index contributed by atoms with van der Waals surface area (Å²) in [6.45, 7) is 2.04. The Morgan fingerprint density at radius 3 is 2.67 bits per heavy atom. The van der Waals surface area contributed by atoms with E-state index in [1.54, 1.807) is 6.20 Å². The molecule has 2 aromatic carbocycles. The smallest absolute Gasteiger partial charge is 0.358 e. The van der Waals surface area contributed by atoms with Gasteiger partial charge in [-0.3, -0.25) is 4.98 Å². The molecule has 0 aliphatic carbocycles. The van der Waals surface area contributed by atoms with Crippen LogP contribution in [-0.4, -0.2) is 15.9 Å². The van der Waals surface area contributed by atoms with Gasteiger partial charge in [-0.15, -0.1) is 0 Å². The number of fused-ring (bicyclic) bond motifs is 1. The van der Waals surface area contributed by atoms with Crippen LogP contribution in [0.2, 0.25) is 0 Å².